The molecule has 3 rings (SSSR count). The Morgan fingerprint density at radius 1 is 1.26 bits per heavy atom. The van der Waals surface area contributed by atoms with E-state index in [1.165, 1.54) is 12.1 Å². The van der Waals surface area contributed by atoms with Gasteiger partial charge in [0.15, 0.2) is 5.76 Å². The molecular weight excluding hydrogens is 297 g/mol. The van der Waals surface area contributed by atoms with Gasteiger partial charge in [-0.2, -0.15) is 5.10 Å². The number of hydrogen-bond acceptors (Lipinski definition) is 4. The Bertz CT molecular complexity index is 764. The van der Waals surface area contributed by atoms with Crippen LogP contribution in [0.4, 0.5) is 4.39 Å². The Balaban J connectivity index is 1.59. The fourth-order valence-corrected chi connectivity index (χ4v) is 2.37. The number of hydrogen-bond donors (Lipinski definition) is 3. The topological polar surface area (TPSA) is 74.1 Å². The highest BCUT2D eigenvalue weighted by molar-refractivity contribution is 5.56. The van der Waals surface area contributed by atoms with Crippen LogP contribution in [-0.4, -0.2) is 21.8 Å². The largest absolute Gasteiger partial charge is 0.460 e. The van der Waals surface area contributed by atoms with Crippen LogP contribution in [0.15, 0.2) is 47.0 Å². The van der Waals surface area contributed by atoms with Gasteiger partial charge in [0.1, 0.15) is 17.3 Å². The third-order valence-electron chi connectivity index (χ3n) is 3.61. The van der Waals surface area contributed by atoms with E-state index < -0.39 is 6.10 Å². The highest BCUT2D eigenvalue weighted by atomic mass is 19.1. The van der Waals surface area contributed by atoms with Crippen LogP contribution in [0.5, 0.6) is 0 Å². The van der Waals surface area contributed by atoms with Crippen molar-refractivity contribution in [3.63, 3.8) is 0 Å². The summed E-state index contributed by atoms with van der Waals surface area (Å²) in [5.41, 5.74) is 2.44. The molecule has 0 fully saturated rings. The number of nitrogens with one attached hydrogen (secondary N) is 2. The molecule has 6 heteroatoms. The number of aliphatic hydroxyl groups is 1. The molecule has 0 saturated heterocycles. The van der Waals surface area contributed by atoms with Gasteiger partial charge in [-0.05, 0) is 36.8 Å². The molecule has 23 heavy (non-hydrogen) atoms. The van der Waals surface area contributed by atoms with Crippen LogP contribution in [0.1, 0.15) is 23.0 Å². The average molecular weight is 315 g/mol. The third-order valence-corrected chi connectivity index (χ3v) is 3.61. The second-order valence-electron chi connectivity index (χ2n) is 5.38. The van der Waals surface area contributed by atoms with E-state index >= 15 is 0 Å². The molecule has 0 saturated carbocycles. The quantitative estimate of drug-likeness (QED) is 0.654. The number of nitrogens with zero attached hydrogens (tertiary/aromatic N) is 1. The lowest BCUT2D eigenvalue weighted by Crippen LogP contribution is -2.21. The van der Waals surface area contributed by atoms with Gasteiger partial charge in [0.2, 0.25) is 0 Å². The highest BCUT2D eigenvalue weighted by Crippen LogP contribution is 2.23. The average Bonchev–Trinajstić information content (AvgIpc) is 3.16. The van der Waals surface area contributed by atoms with Crippen LogP contribution in [-0.2, 0) is 6.54 Å². The fourth-order valence-electron chi connectivity index (χ4n) is 2.37. The van der Waals surface area contributed by atoms with E-state index in [4.69, 9.17) is 4.42 Å². The van der Waals surface area contributed by atoms with Crippen molar-refractivity contribution in [2.45, 2.75) is 19.6 Å². The van der Waals surface area contributed by atoms with Gasteiger partial charge >= 0.3 is 0 Å². The van der Waals surface area contributed by atoms with Gasteiger partial charge in [0.05, 0.1) is 12.3 Å². The maximum atomic E-state index is 12.9. The number of aryl methyl sites for hydroxylation is 1. The zero-order valence-corrected chi connectivity index (χ0v) is 12.7. The zero-order valence-electron chi connectivity index (χ0n) is 12.7. The van der Waals surface area contributed by atoms with Crippen LogP contribution in [0.2, 0.25) is 0 Å². The summed E-state index contributed by atoms with van der Waals surface area (Å²) in [5.74, 6) is 1.25. The van der Waals surface area contributed by atoms with E-state index in [1.807, 2.05) is 19.1 Å². The molecule has 0 spiro atoms. The van der Waals surface area contributed by atoms with Gasteiger partial charge < -0.3 is 14.8 Å². The molecule has 0 aliphatic carbocycles. The van der Waals surface area contributed by atoms with E-state index in [1.54, 1.807) is 18.3 Å². The van der Waals surface area contributed by atoms with E-state index in [9.17, 15) is 9.50 Å². The Labute approximate surface area is 133 Å². The lowest BCUT2D eigenvalue weighted by molar-refractivity contribution is 0.174. The lowest BCUT2D eigenvalue weighted by atomic mass is 10.1. The van der Waals surface area contributed by atoms with Crippen molar-refractivity contribution in [3.8, 4) is 11.5 Å². The number of aromatic amines is 1. The number of aromatic nitrogens is 2. The van der Waals surface area contributed by atoms with Crippen LogP contribution < -0.4 is 5.32 Å². The van der Waals surface area contributed by atoms with Gasteiger partial charge in [-0.1, -0.05) is 12.1 Å². The molecular formula is C17H18FN3O2. The van der Waals surface area contributed by atoms with Gasteiger partial charge in [0.25, 0.3) is 0 Å². The summed E-state index contributed by atoms with van der Waals surface area (Å²) in [7, 11) is 0. The minimum Gasteiger partial charge on any atom is -0.460 e. The number of H-pyrrole nitrogens is 1. The lowest BCUT2D eigenvalue weighted by Gasteiger charge is -2.12. The molecule has 3 aromatic rings. The predicted octanol–water partition coefficient (Wildman–Crippen LogP) is 2.94. The maximum absolute atomic E-state index is 12.9. The Kier molecular flexibility index (Phi) is 4.55. The normalized spacial score (nSPS) is 12.5. The first-order chi connectivity index (χ1) is 11.1. The number of benzene rings is 1. The summed E-state index contributed by atoms with van der Waals surface area (Å²) < 4.78 is 18.5. The standard InChI is InChI=1S/C17H18FN3O2/c1-11-2-7-16(23-11)17-13(9-20-21-17)8-19-10-15(22)12-3-5-14(18)6-4-12/h2-7,9,15,19,22H,8,10H2,1H3,(H,20,21)/t15-/m1/s1. The molecule has 0 radical (unpaired) electrons. The van der Waals surface area contributed by atoms with E-state index in [-0.39, 0.29) is 5.82 Å². The summed E-state index contributed by atoms with van der Waals surface area (Å²) in [6.07, 6.45) is 1.03. The van der Waals surface area contributed by atoms with Crippen LogP contribution in [0, 0.1) is 12.7 Å². The minimum atomic E-state index is -0.697. The second kappa shape index (κ2) is 6.76. The zero-order chi connectivity index (χ0) is 16.2. The van der Waals surface area contributed by atoms with Gasteiger partial charge in [-0.25, -0.2) is 4.39 Å². The first-order valence-electron chi connectivity index (χ1n) is 7.37. The van der Waals surface area contributed by atoms with Crippen molar-refractivity contribution in [2.24, 2.45) is 0 Å². The molecule has 0 aliphatic heterocycles. The molecule has 0 aliphatic rings. The summed E-state index contributed by atoms with van der Waals surface area (Å²) in [5, 5.41) is 20.2. The van der Waals surface area contributed by atoms with Crippen molar-refractivity contribution in [3.05, 3.63) is 65.3 Å². The third kappa shape index (κ3) is 3.67. The minimum absolute atomic E-state index is 0.314. The monoisotopic (exact) mass is 315 g/mol. The number of halogens is 1. The second-order valence-corrected chi connectivity index (χ2v) is 5.38. The Hall–Kier alpha value is -2.44. The summed E-state index contributed by atoms with van der Waals surface area (Å²) >= 11 is 0. The van der Waals surface area contributed by atoms with E-state index in [0.29, 0.717) is 18.7 Å². The smallest absolute Gasteiger partial charge is 0.152 e. The highest BCUT2D eigenvalue weighted by Gasteiger charge is 2.12. The molecule has 0 amide bonds. The first-order valence-corrected chi connectivity index (χ1v) is 7.37. The SMILES string of the molecule is Cc1ccc(-c2[nH]ncc2CNC[C@@H](O)c2ccc(F)cc2)o1. The molecule has 0 unspecified atom stereocenters. The molecule has 2 heterocycles. The summed E-state index contributed by atoms with van der Waals surface area (Å²) in [6, 6.07) is 9.62. The van der Waals surface area contributed by atoms with E-state index in [0.717, 1.165) is 22.8 Å². The van der Waals surface area contributed by atoms with Crippen molar-refractivity contribution in [1.29, 1.82) is 0 Å². The number of rotatable bonds is 6. The summed E-state index contributed by atoms with van der Waals surface area (Å²) in [6.45, 7) is 2.77. The molecule has 120 valence electrons. The molecule has 1 atom stereocenters. The van der Waals surface area contributed by atoms with Crippen molar-refractivity contribution >= 4 is 0 Å². The fraction of sp³-hybridized carbons (Fsp3) is 0.235. The molecule has 5 nitrogen and oxygen atoms in total. The van der Waals surface area contributed by atoms with Gasteiger partial charge in [-0.3, -0.25) is 5.10 Å². The number of aliphatic hydroxyl groups excluding tert-OH is 1. The predicted molar refractivity (Wildman–Crippen MR) is 84.1 cm³/mol. The van der Waals surface area contributed by atoms with E-state index in [2.05, 4.69) is 15.5 Å². The van der Waals surface area contributed by atoms with Crippen LogP contribution >= 0.6 is 0 Å². The molecule has 2 aromatic heterocycles. The van der Waals surface area contributed by atoms with Crippen molar-refractivity contribution < 1.29 is 13.9 Å². The summed E-state index contributed by atoms with van der Waals surface area (Å²) in [4.78, 5) is 0. The molecule has 3 N–H and O–H groups in total. The Morgan fingerprint density at radius 3 is 2.74 bits per heavy atom. The van der Waals surface area contributed by atoms with Crippen LogP contribution in [0.25, 0.3) is 11.5 Å². The van der Waals surface area contributed by atoms with Crippen molar-refractivity contribution in [2.75, 3.05) is 6.54 Å². The van der Waals surface area contributed by atoms with Crippen molar-refractivity contribution in [1.82, 2.24) is 15.5 Å². The maximum Gasteiger partial charge on any atom is 0.152 e. The van der Waals surface area contributed by atoms with Gasteiger partial charge in [0, 0.05) is 18.7 Å². The first kappa shape index (κ1) is 15.5. The van der Waals surface area contributed by atoms with Crippen LogP contribution in [0.3, 0.4) is 0 Å². The number of furan rings is 1. The Morgan fingerprint density at radius 2 is 2.04 bits per heavy atom. The molecule has 1 aromatic carbocycles. The van der Waals surface area contributed by atoms with Gasteiger partial charge in [-0.15, -0.1) is 0 Å². The molecule has 0 bridgehead atoms.